The number of aromatic nitrogens is 2. The molecule has 3 aliphatic rings. The molecule has 1 aliphatic carbocycles. The molecule has 1 aromatic rings. The summed E-state index contributed by atoms with van der Waals surface area (Å²) in [7, 11) is 1.90. The number of hydrogen-bond acceptors (Lipinski definition) is 3. The van der Waals surface area contributed by atoms with Gasteiger partial charge in [0, 0.05) is 38.5 Å². The van der Waals surface area contributed by atoms with E-state index in [0.29, 0.717) is 17.9 Å². The number of aryl methyl sites for hydroxylation is 1. The molecule has 126 valence electrons. The summed E-state index contributed by atoms with van der Waals surface area (Å²) in [6.45, 7) is 4.92. The lowest BCUT2D eigenvalue weighted by molar-refractivity contribution is -0.136. The van der Waals surface area contributed by atoms with Crippen LogP contribution < -0.4 is 0 Å². The lowest BCUT2D eigenvalue weighted by Gasteiger charge is -2.27. The zero-order valence-corrected chi connectivity index (χ0v) is 14.2. The zero-order valence-electron chi connectivity index (χ0n) is 14.2. The predicted molar refractivity (Wildman–Crippen MR) is 86.7 cm³/mol. The van der Waals surface area contributed by atoms with E-state index in [9.17, 15) is 4.79 Å². The number of hydrogen-bond donors (Lipinski definition) is 0. The molecule has 1 aromatic heterocycles. The topological polar surface area (TPSA) is 47.4 Å². The van der Waals surface area contributed by atoms with E-state index in [2.05, 4.69) is 16.9 Å². The van der Waals surface area contributed by atoms with Crippen LogP contribution in [-0.4, -0.2) is 40.3 Å². The van der Waals surface area contributed by atoms with Crippen LogP contribution in [0, 0.1) is 17.3 Å². The first-order chi connectivity index (χ1) is 11.1. The Kier molecular flexibility index (Phi) is 3.71. The molecule has 3 fully saturated rings. The van der Waals surface area contributed by atoms with Crippen LogP contribution in [0.2, 0.25) is 0 Å². The van der Waals surface area contributed by atoms with Crippen LogP contribution in [0.15, 0.2) is 12.4 Å². The Labute approximate surface area is 138 Å². The van der Waals surface area contributed by atoms with E-state index in [1.807, 2.05) is 19.4 Å². The molecule has 4 rings (SSSR count). The molecule has 2 saturated heterocycles. The van der Waals surface area contributed by atoms with Crippen LogP contribution in [0.25, 0.3) is 0 Å². The van der Waals surface area contributed by atoms with Gasteiger partial charge in [-0.25, -0.2) is 0 Å². The van der Waals surface area contributed by atoms with Gasteiger partial charge >= 0.3 is 0 Å². The van der Waals surface area contributed by atoms with Gasteiger partial charge in [-0.2, -0.15) is 5.10 Å². The lowest BCUT2D eigenvalue weighted by atomic mass is 9.84. The number of rotatable bonds is 2. The average Bonchev–Trinajstić information content (AvgIpc) is 3.27. The molecule has 1 spiro atoms. The molecule has 0 N–H and O–H groups in total. The summed E-state index contributed by atoms with van der Waals surface area (Å²) in [5, 5.41) is 4.23. The lowest BCUT2D eigenvalue weighted by Crippen LogP contribution is -2.37. The van der Waals surface area contributed by atoms with E-state index >= 15 is 0 Å². The van der Waals surface area contributed by atoms with Crippen molar-refractivity contribution in [2.45, 2.75) is 45.1 Å². The highest BCUT2D eigenvalue weighted by Crippen LogP contribution is 2.48. The minimum atomic E-state index is -0.116. The number of ether oxygens (including phenoxy) is 1. The Hall–Kier alpha value is -1.36. The molecule has 23 heavy (non-hydrogen) atoms. The molecule has 0 aromatic carbocycles. The summed E-state index contributed by atoms with van der Waals surface area (Å²) in [6, 6.07) is 0. The second-order valence-electron chi connectivity index (χ2n) is 7.99. The predicted octanol–water partition coefficient (Wildman–Crippen LogP) is 2.54. The Morgan fingerprint density at radius 2 is 2.26 bits per heavy atom. The van der Waals surface area contributed by atoms with Crippen LogP contribution in [0.5, 0.6) is 0 Å². The minimum absolute atomic E-state index is 0.0341. The second-order valence-corrected chi connectivity index (χ2v) is 7.99. The van der Waals surface area contributed by atoms with Crippen molar-refractivity contribution in [1.82, 2.24) is 14.7 Å². The Balaban J connectivity index is 1.46. The Bertz CT molecular complexity index is 599. The number of carbonyl (C=O) groups excluding carboxylic acids is 1. The van der Waals surface area contributed by atoms with Gasteiger partial charge in [0.05, 0.1) is 18.2 Å². The molecule has 1 amide bonds. The van der Waals surface area contributed by atoms with Crippen LogP contribution in [-0.2, 0) is 16.6 Å². The highest BCUT2D eigenvalue weighted by atomic mass is 16.5. The van der Waals surface area contributed by atoms with Crippen LogP contribution >= 0.6 is 0 Å². The normalized spacial score (nSPS) is 37.1. The molecule has 2 aliphatic heterocycles. The highest BCUT2D eigenvalue weighted by molar-refractivity contribution is 5.80. The molecule has 5 heteroatoms. The van der Waals surface area contributed by atoms with E-state index < -0.39 is 0 Å². The standard InChI is InChI=1S/C18H27N3O2/c1-13-3-5-18(9-13)6-7-21(12-18)17(22)15-4-8-23-16(15)14-10-19-20(2)11-14/h10-11,13,15-16H,3-9,12H2,1-2H3/t13-,15+,16-,18-/m1/s1. The zero-order chi connectivity index (χ0) is 16.0. The molecular formula is C18H27N3O2. The quantitative estimate of drug-likeness (QED) is 0.842. The van der Waals surface area contributed by atoms with Gasteiger partial charge in [-0.1, -0.05) is 13.3 Å². The van der Waals surface area contributed by atoms with Crippen LogP contribution in [0.3, 0.4) is 0 Å². The van der Waals surface area contributed by atoms with Crippen molar-refractivity contribution in [2.75, 3.05) is 19.7 Å². The number of carbonyl (C=O) groups is 1. The van der Waals surface area contributed by atoms with Crippen LogP contribution in [0.1, 0.15) is 50.7 Å². The van der Waals surface area contributed by atoms with Crippen molar-refractivity contribution in [3.8, 4) is 0 Å². The molecule has 1 saturated carbocycles. The maximum Gasteiger partial charge on any atom is 0.228 e. The van der Waals surface area contributed by atoms with Crippen molar-refractivity contribution < 1.29 is 9.53 Å². The van der Waals surface area contributed by atoms with Gasteiger partial charge in [-0.15, -0.1) is 0 Å². The number of likely N-dealkylation sites (tertiary alicyclic amines) is 1. The van der Waals surface area contributed by atoms with Crippen LogP contribution in [0.4, 0.5) is 0 Å². The maximum absolute atomic E-state index is 13.1. The first-order valence-corrected chi connectivity index (χ1v) is 8.95. The first kappa shape index (κ1) is 15.2. The van der Waals surface area contributed by atoms with E-state index in [-0.39, 0.29) is 12.0 Å². The Morgan fingerprint density at radius 1 is 1.39 bits per heavy atom. The third kappa shape index (κ3) is 2.69. The van der Waals surface area contributed by atoms with Gasteiger partial charge in [-0.3, -0.25) is 9.48 Å². The summed E-state index contributed by atoms with van der Waals surface area (Å²) in [4.78, 5) is 15.2. The van der Waals surface area contributed by atoms with E-state index in [1.165, 1.54) is 25.7 Å². The second kappa shape index (κ2) is 5.62. The van der Waals surface area contributed by atoms with Gasteiger partial charge in [0.25, 0.3) is 0 Å². The highest BCUT2D eigenvalue weighted by Gasteiger charge is 2.46. The summed E-state index contributed by atoms with van der Waals surface area (Å²) >= 11 is 0. The fourth-order valence-corrected chi connectivity index (χ4v) is 4.98. The summed E-state index contributed by atoms with van der Waals surface area (Å²) in [5.74, 6) is 1.09. The van der Waals surface area contributed by atoms with Gasteiger partial charge in [0.1, 0.15) is 0 Å². The van der Waals surface area contributed by atoms with E-state index in [4.69, 9.17) is 4.74 Å². The maximum atomic E-state index is 13.1. The number of nitrogens with zero attached hydrogens (tertiary/aromatic N) is 3. The smallest absolute Gasteiger partial charge is 0.228 e. The Morgan fingerprint density at radius 3 is 2.96 bits per heavy atom. The fraction of sp³-hybridized carbons (Fsp3) is 0.778. The van der Waals surface area contributed by atoms with Crippen molar-refractivity contribution >= 4 is 5.91 Å². The molecule has 4 atom stereocenters. The average molecular weight is 317 g/mol. The summed E-state index contributed by atoms with van der Waals surface area (Å²) < 4.78 is 7.66. The number of amides is 1. The van der Waals surface area contributed by atoms with Gasteiger partial charge in [-0.05, 0) is 37.0 Å². The van der Waals surface area contributed by atoms with Crippen molar-refractivity contribution in [2.24, 2.45) is 24.3 Å². The van der Waals surface area contributed by atoms with Gasteiger partial charge in [0.2, 0.25) is 5.91 Å². The van der Waals surface area contributed by atoms with E-state index in [0.717, 1.165) is 31.0 Å². The van der Waals surface area contributed by atoms with E-state index in [1.54, 1.807) is 4.68 Å². The van der Waals surface area contributed by atoms with Crippen molar-refractivity contribution in [3.05, 3.63) is 18.0 Å². The molecule has 0 unspecified atom stereocenters. The minimum Gasteiger partial charge on any atom is -0.373 e. The third-order valence-corrected chi connectivity index (χ3v) is 6.16. The summed E-state index contributed by atoms with van der Waals surface area (Å²) in [5.41, 5.74) is 1.45. The summed E-state index contributed by atoms with van der Waals surface area (Å²) in [6.07, 6.45) is 9.63. The largest absolute Gasteiger partial charge is 0.373 e. The molecule has 0 radical (unpaired) electrons. The molecule has 0 bridgehead atoms. The van der Waals surface area contributed by atoms with Gasteiger partial charge in [0.15, 0.2) is 0 Å². The van der Waals surface area contributed by atoms with Crippen molar-refractivity contribution in [1.29, 1.82) is 0 Å². The fourth-order valence-electron chi connectivity index (χ4n) is 4.98. The third-order valence-electron chi connectivity index (χ3n) is 6.16. The van der Waals surface area contributed by atoms with Gasteiger partial charge < -0.3 is 9.64 Å². The molecule has 3 heterocycles. The molecule has 5 nitrogen and oxygen atoms in total. The first-order valence-electron chi connectivity index (χ1n) is 8.95. The molecular weight excluding hydrogens is 290 g/mol. The monoisotopic (exact) mass is 317 g/mol. The van der Waals surface area contributed by atoms with Crippen molar-refractivity contribution in [3.63, 3.8) is 0 Å². The SMILES string of the molecule is C[C@@H]1CC[C@@]2(CCN(C(=O)[C@H]3CCO[C@@H]3c3cnn(C)c3)C2)C1.